The van der Waals surface area contributed by atoms with E-state index in [0.29, 0.717) is 19.0 Å². The van der Waals surface area contributed by atoms with Crippen LogP contribution in [0.25, 0.3) is 0 Å². The molecular weight excluding hydrogens is 274 g/mol. The van der Waals surface area contributed by atoms with Crippen molar-refractivity contribution in [1.29, 1.82) is 0 Å². The minimum absolute atomic E-state index is 0.0252. The highest BCUT2D eigenvalue weighted by Crippen LogP contribution is 2.11. The van der Waals surface area contributed by atoms with Gasteiger partial charge in [-0.1, -0.05) is 17.9 Å². The van der Waals surface area contributed by atoms with E-state index in [9.17, 15) is 4.79 Å². The molecule has 0 radical (unpaired) electrons. The summed E-state index contributed by atoms with van der Waals surface area (Å²) < 4.78 is 7.20. The SMILES string of the molecule is O=c1ccccn1CCOc1ccc(C#CCCl)cc1. The first-order chi connectivity index (χ1) is 9.79. The van der Waals surface area contributed by atoms with E-state index < -0.39 is 0 Å². The summed E-state index contributed by atoms with van der Waals surface area (Å²) in [5, 5.41) is 0. The number of ether oxygens (including phenoxy) is 1. The van der Waals surface area contributed by atoms with E-state index in [4.69, 9.17) is 16.3 Å². The van der Waals surface area contributed by atoms with Crippen LogP contribution in [0.5, 0.6) is 5.75 Å². The molecule has 3 nitrogen and oxygen atoms in total. The van der Waals surface area contributed by atoms with Gasteiger partial charge in [0.2, 0.25) is 0 Å². The standard InChI is InChI=1S/C16H14ClNO2/c17-10-3-4-14-6-8-15(9-7-14)20-13-12-18-11-2-1-5-16(18)19/h1-2,5-9,11H,10,12-13H2. The second kappa shape index (κ2) is 7.42. The predicted octanol–water partition coefficient (Wildman–Crippen LogP) is 2.52. The Bertz CT molecular complexity index is 665. The monoisotopic (exact) mass is 287 g/mol. The minimum Gasteiger partial charge on any atom is -0.492 e. The number of rotatable bonds is 4. The van der Waals surface area contributed by atoms with E-state index in [1.165, 1.54) is 6.07 Å². The van der Waals surface area contributed by atoms with Crippen LogP contribution < -0.4 is 10.3 Å². The summed E-state index contributed by atoms with van der Waals surface area (Å²) in [4.78, 5) is 11.5. The Labute approximate surface area is 122 Å². The van der Waals surface area contributed by atoms with Crippen LogP contribution in [0.4, 0.5) is 0 Å². The maximum absolute atomic E-state index is 11.5. The van der Waals surface area contributed by atoms with Crippen LogP contribution in [0, 0.1) is 11.8 Å². The van der Waals surface area contributed by atoms with Crippen LogP contribution >= 0.6 is 11.6 Å². The topological polar surface area (TPSA) is 31.2 Å². The summed E-state index contributed by atoms with van der Waals surface area (Å²) in [7, 11) is 0. The lowest BCUT2D eigenvalue weighted by Crippen LogP contribution is -2.21. The summed E-state index contributed by atoms with van der Waals surface area (Å²) in [6.45, 7) is 0.962. The third-order valence-corrected chi connectivity index (χ3v) is 2.79. The van der Waals surface area contributed by atoms with Crippen LogP contribution in [-0.2, 0) is 6.54 Å². The fourth-order valence-electron chi connectivity index (χ4n) is 1.68. The first kappa shape index (κ1) is 14.2. The van der Waals surface area contributed by atoms with Crippen molar-refractivity contribution < 1.29 is 4.74 Å². The number of halogens is 1. The molecule has 1 aromatic carbocycles. The Morgan fingerprint density at radius 3 is 2.65 bits per heavy atom. The fourth-order valence-corrected chi connectivity index (χ4v) is 1.74. The molecule has 0 saturated carbocycles. The maximum Gasteiger partial charge on any atom is 0.250 e. The van der Waals surface area contributed by atoms with Crippen molar-refractivity contribution in [1.82, 2.24) is 4.57 Å². The normalized spacial score (nSPS) is 9.65. The Balaban J connectivity index is 1.88. The molecule has 0 saturated heterocycles. The lowest BCUT2D eigenvalue weighted by Gasteiger charge is -2.07. The van der Waals surface area contributed by atoms with E-state index in [1.807, 2.05) is 30.3 Å². The Morgan fingerprint density at radius 1 is 1.15 bits per heavy atom. The zero-order valence-corrected chi connectivity index (χ0v) is 11.6. The third kappa shape index (κ3) is 4.18. The van der Waals surface area contributed by atoms with Crippen molar-refractivity contribution in [2.75, 3.05) is 12.5 Å². The van der Waals surface area contributed by atoms with Gasteiger partial charge in [-0.05, 0) is 30.3 Å². The van der Waals surface area contributed by atoms with Gasteiger partial charge < -0.3 is 9.30 Å². The molecule has 4 heteroatoms. The molecule has 2 aromatic rings. The lowest BCUT2D eigenvalue weighted by molar-refractivity contribution is 0.296. The van der Waals surface area contributed by atoms with Crippen molar-refractivity contribution in [3.63, 3.8) is 0 Å². The number of hydrogen-bond acceptors (Lipinski definition) is 2. The maximum atomic E-state index is 11.5. The molecule has 2 rings (SSSR count). The van der Waals surface area contributed by atoms with Crippen molar-refractivity contribution in [2.24, 2.45) is 0 Å². The molecule has 1 aromatic heterocycles. The molecule has 0 spiro atoms. The highest BCUT2D eigenvalue weighted by Gasteiger charge is 1.96. The van der Waals surface area contributed by atoms with E-state index in [2.05, 4.69) is 11.8 Å². The molecule has 0 N–H and O–H groups in total. The third-order valence-electron chi connectivity index (χ3n) is 2.65. The highest BCUT2D eigenvalue weighted by molar-refractivity contribution is 6.19. The molecule has 0 amide bonds. The van der Waals surface area contributed by atoms with Crippen molar-refractivity contribution >= 4 is 11.6 Å². The smallest absolute Gasteiger partial charge is 0.250 e. The van der Waals surface area contributed by atoms with Gasteiger partial charge in [0.15, 0.2) is 0 Å². The van der Waals surface area contributed by atoms with Gasteiger partial charge in [0.05, 0.1) is 12.4 Å². The zero-order chi connectivity index (χ0) is 14.2. The number of nitrogens with zero attached hydrogens (tertiary/aromatic N) is 1. The molecule has 0 aliphatic rings. The molecule has 0 unspecified atom stereocenters. The number of aromatic nitrogens is 1. The number of hydrogen-bond donors (Lipinski definition) is 0. The Kier molecular flexibility index (Phi) is 5.28. The molecule has 0 aliphatic carbocycles. The van der Waals surface area contributed by atoms with Gasteiger partial charge >= 0.3 is 0 Å². The Hall–Kier alpha value is -2.18. The van der Waals surface area contributed by atoms with Gasteiger partial charge in [0.25, 0.3) is 5.56 Å². The number of alkyl halides is 1. The largest absolute Gasteiger partial charge is 0.492 e. The molecule has 1 heterocycles. The van der Waals surface area contributed by atoms with E-state index in [0.717, 1.165) is 11.3 Å². The first-order valence-electron chi connectivity index (χ1n) is 6.23. The summed E-state index contributed by atoms with van der Waals surface area (Å²) >= 11 is 5.50. The van der Waals surface area contributed by atoms with Gasteiger partial charge in [0, 0.05) is 17.8 Å². The van der Waals surface area contributed by atoms with Gasteiger partial charge in [-0.3, -0.25) is 4.79 Å². The van der Waals surface area contributed by atoms with Crippen molar-refractivity contribution in [2.45, 2.75) is 6.54 Å². The average molecular weight is 288 g/mol. The summed E-state index contributed by atoms with van der Waals surface area (Å²) in [6.07, 6.45) is 1.75. The van der Waals surface area contributed by atoms with Crippen molar-refractivity contribution in [3.05, 3.63) is 64.6 Å². The molecule has 102 valence electrons. The highest BCUT2D eigenvalue weighted by atomic mass is 35.5. The molecule has 0 fully saturated rings. The number of benzene rings is 1. The second-order valence-corrected chi connectivity index (χ2v) is 4.31. The van der Waals surface area contributed by atoms with Gasteiger partial charge in [-0.25, -0.2) is 0 Å². The van der Waals surface area contributed by atoms with E-state index >= 15 is 0 Å². The quantitative estimate of drug-likeness (QED) is 0.639. The van der Waals surface area contributed by atoms with E-state index in [-0.39, 0.29) is 5.56 Å². The van der Waals surface area contributed by atoms with E-state index in [1.54, 1.807) is 16.8 Å². The van der Waals surface area contributed by atoms with Crippen LogP contribution in [0.2, 0.25) is 0 Å². The molecule has 0 atom stereocenters. The minimum atomic E-state index is -0.0252. The van der Waals surface area contributed by atoms with Crippen LogP contribution in [0.1, 0.15) is 5.56 Å². The average Bonchev–Trinajstić information content (AvgIpc) is 2.48. The molecule has 20 heavy (non-hydrogen) atoms. The first-order valence-corrected chi connectivity index (χ1v) is 6.76. The lowest BCUT2D eigenvalue weighted by atomic mass is 10.2. The molecule has 0 aliphatic heterocycles. The molecular formula is C16H14ClNO2. The summed E-state index contributed by atoms with van der Waals surface area (Å²) in [6, 6.07) is 12.5. The van der Waals surface area contributed by atoms with Gasteiger partial charge in [-0.2, -0.15) is 0 Å². The summed E-state index contributed by atoms with van der Waals surface area (Å²) in [5.74, 6) is 6.80. The number of pyridine rings is 1. The van der Waals surface area contributed by atoms with Crippen molar-refractivity contribution in [3.8, 4) is 17.6 Å². The fraction of sp³-hybridized carbons (Fsp3) is 0.188. The Morgan fingerprint density at radius 2 is 1.95 bits per heavy atom. The van der Waals surface area contributed by atoms with Crippen LogP contribution in [0.15, 0.2) is 53.5 Å². The second-order valence-electron chi connectivity index (χ2n) is 4.04. The summed E-state index contributed by atoms with van der Waals surface area (Å²) in [5.41, 5.74) is 0.875. The molecule has 0 bridgehead atoms. The van der Waals surface area contributed by atoms with Gasteiger partial charge in [0.1, 0.15) is 12.4 Å². The predicted molar refractivity (Wildman–Crippen MR) is 80.2 cm³/mol. The van der Waals surface area contributed by atoms with Crippen LogP contribution in [0.3, 0.4) is 0 Å². The van der Waals surface area contributed by atoms with Crippen LogP contribution in [-0.4, -0.2) is 17.1 Å². The van der Waals surface area contributed by atoms with Gasteiger partial charge in [-0.15, -0.1) is 11.6 Å². The zero-order valence-electron chi connectivity index (χ0n) is 10.9.